The summed E-state index contributed by atoms with van der Waals surface area (Å²) in [7, 11) is 0. The summed E-state index contributed by atoms with van der Waals surface area (Å²) < 4.78 is 16.3. The number of hydrogen-bond acceptors (Lipinski definition) is 5. The number of aromatic nitrogens is 1. The van der Waals surface area contributed by atoms with Crippen molar-refractivity contribution in [2.45, 2.75) is 66.6 Å². The molecule has 0 atom stereocenters. The van der Waals surface area contributed by atoms with E-state index in [2.05, 4.69) is 35.7 Å². The summed E-state index contributed by atoms with van der Waals surface area (Å²) in [6, 6.07) is 8.25. The molecule has 1 aromatic heterocycles. The Hall–Kier alpha value is -2.76. The summed E-state index contributed by atoms with van der Waals surface area (Å²) in [6.07, 6.45) is 3.46. The predicted octanol–water partition coefficient (Wildman–Crippen LogP) is 5.64. The summed E-state index contributed by atoms with van der Waals surface area (Å²) in [5.74, 6) is 2.51. The Kier molecular flexibility index (Phi) is 8.09. The second kappa shape index (κ2) is 10.3. The van der Waals surface area contributed by atoms with Crippen LogP contribution < -0.4 is 15.2 Å². The van der Waals surface area contributed by atoms with Crippen molar-refractivity contribution < 1.29 is 19.0 Å². The van der Waals surface area contributed by atoms with Crippen molar-refractivity contribution in [3.8, 4) is 22.6 Å². The van der Waals surface area contributed by atoms with E-state index in [0.29, 0.717) is 6.61 Å². The van der Waals surface area contributed by atoms with Crippen molar-refractivity contribution in [3.05, 3.63) is 41.7 Å². The molecule has 2 N–H and O–H groups in total. The van der Waals surface area contributed by atoms with Crippen LogP contribution in [0.1, 0.15) is 58.7 Å². The monoisotopic (exact) mass is 414 g/mol. The fraction of sp³-hybridized carbons (Fsp3) is 0.500. The minimum Gasteiger partial charge on any atom is -0.493 e. The van der Waals surface area contributed by atoms with Crippen molar-refractivity contribution in [3.63, 3.8) is 0 Å². The minimum atomic E-state index is -0.725. The van der Waals surface area contributed by atoms with E-state index >= 15 is 0 Å². The standard InChI is InChI=1S/C19H23NO2.C5H11NO2/c1-13(2)5-4-8-21-16-6-7-17-18-9-14(3)20-11-15(18)12-22-19(17)10-16;1-5(2,3)8-4(6)7/h6-7,9-11,13H,4-5,8,12H2,1-3H3;1-3H3,(H2,6,7). The number of pyridine rings is 1. The number of nitrogens with zero attached hydrogens (tertiary/aromatic N) is 1. The highest BCUT2D eigenvalue weighted by molar-refractivity contribution is 5.75. The molecule has 0 saturated heterocycles. The number of amides is 1. The first-order valence-corrected chi connectivity index (χ1v) is 10.4. The molecule has 1 aliphatic rings. The number of aryl methyl sites for hydroxylation is 1. The fourth-order valence-corrected chi connectivity index (χ4v) is 3.03. The van der Waals surface area contributed by atoms with Gasteiger partial charge in [0.1, 0.15) is 23.7 Å². The zero-order chi connectivity index (χ0) is 22.3. The molecule has 0 saturated carbocycles. The van der Waals surface area contributed by atoms with Crippen LogP contribution in [0.4, 0.5) is 4.79 Å². The molecule has 0 unspecified atom stereocenters. The van der Waals surface area contributed by atoms with Gasteiger partial charge in [-0.25, -0.2) is 4.79 Å². The summed E-state index contributed by atoms with van der Waals surface area (Å²) in [6.45, 7) is 13.1. The topological polar surface area (TPSA) is 83.7 Å². The van der Waals surface area contributed by atoms with Gasteiger partial charge in [-0.3, -0.25) is 4.98 Å². The molecule has 1 aromatic carbocycles. The zero-order valence-electron chi connectivity index (χ0n) is 19.0. The van der Waals surface area contributed by atoms with Gasteiger partial charge in [0.15, 0.2) is 0 Å². The Labute approximate surface area is 179 Å². The lowest BCUT2D eigenvalue weighted by Gasteiger charge is -2.21. The van der Waals surface area contributed by atoms with Gasteiger partial charge in [-0.1, -0.05) is 13.8 Å². The average Bonchev–Trinajstić information content (AvgIpc) is 2.63. The van der Waals surface area contributed by atoms with Crippen molar-refractivity contribution in [2.24, 2.45) is 11.7 Å². The van der Waals surface area contributed by atoms with Gasteiger partial charge in [0.05, 0.1) is 6.61 Å². The van der Waals surface area contributed by atoms with Gasteiger partial charge in [-0.2, -0.15) is 0 Å². The summed E-state index contributed by atoms with van der Waals surface area (Å²) in [4.78, 5) is 14.4. The van der Waals surface area contributed by atoms with Gasteiger partial charge in [-0.15, -0.1) is 0 Å². The van der Waals surface area contributed by atoms with Crippen LogP contribution in [0.2, 0.25) is 0 Å². The molecule has 6 heteroatoms. The number of rotatable bonds is 5. The van der Waals surface area contributed by atoms with Gasteiger partial charge in [0.25, 0.3) is 0 Å². The molecule has 0 radical (unpaired) electrons. The van der Waals surface area contributed by atoms with Crippen LogP contribution in [0.25, 0.3) is 11.1 Å². The zero-order valence-corrected chi connectivity index (χ0v) is 19.0. The van der Waals surface area contributed by atoms with Gasteiger partial charge in [-0.05, 0) is 70.2 Å². The highest BCUT2D eigenvalue weighted by Gasteiger charge is 2.18. The molecule has 0 spiro atoms. The lowest BCUT2D eigenvalue weighted by Crippen LogP contribution is -2.27. The Balaban J connectivity index is 0.000000343. The molecule has 0 bridgehead atoms. The second-order valence-corrected chi connectivity index (χ2v) is 8.85. The fourth-order valence-electron chi connectivity index (χ4n) is 3.03. The van der Waals surface area contributed by atoms with Crippen molar-refractivity contribution in [1.82, 2.24) is 4.98 Å². The Morgan fingerprint density at radius 1 is 1.23 bits per heavy atom. The summed E-state index contributed by atoms with van der Waals surface area (Å²) >= 11 is 0. The van der Waals surface area contributed by atoms with Crippen LogP contribution in [-0.4, -0.2) is 23.3 Å². The van der Waals surface area contributed by atoms with E-state index in [4.69, 9.17) is 15.2 Å². The van der Waals surface area contributed by atoms with E-state index in [0.717, 1.165) is 47.3 Å². The SMILES string of the molecule is CC(C)(C)OC(N)=O.Cc1cc2c(cn1)COc1cc(OCCCC(C)C)ccc1-2. The van der Waals surface area contributed by atoms with Crippen molar-refractivity contribution in [1.29, 1.82) is 0 Å². The Bertz CT molecular complexity index is 857. The van der Waals surface area contributed by atoms with Gasteiger partial charge in [0.2, 0.25) is 0 Å². The maximum atomic E-state index is 10.0. The maximum Gasteiger partial charge on any atom is 0.405 e. The molecule has 0 fully saturated rings. The number of primary amides is 1. The maximum absolute atomic E-state index is 10.0. The summed E-state index contributed by atoms with van der Waals surface area (Å²) in [5.41, 5.74) is 8.78. The molecular weight excluding hydrogens is 380 g/mol. The number of ether oxygens (including phenoxy) is 3. The van der Waals surface area contributed by atoms with Gasteiger partial charge in [0, 0.05) is 29.1 Å². The number of hydrogen-bond donors (Lipinski definition) is 1. The predicted molar refractivity (Wildman–Crippen MR) is 119 cm³/mol. The highest BCUT2D eigenvalue weighted by Crippen LogP contribution is 2.39. The van der Waals surface area contributed by atoms with Crippen LogP contribution in [0.3, 0.4) is 0 Å². The first-order chi connectivity index (χ1) is 14.0. The molecule has 1 aliphatic heterocycles. The van der Waals surface area contributed by atoms with Crippen molar-refractivity contribution in [2.75, 3.05) is 6.61 Å². The van der Waals surface area contributed by atoms with Crippen LogP contribution in [0.15, 0.2) is 30.5 Å². The second-order valence-electron chi connectivity index (χ2n) is 8.85. The molecule has 30 heavy (non-hydrogen) atoms. The van der Waals surface area contributed by atoms with E-state index in [1.807, 2.05) is 25.3 Å². The molecule has 164 valence electrons. The number of nitrogens with two attached hydrogens (primary N) is 1. The van der Waals surface area contributed by atoms with Gasteiger partial charge < -0.3 is 19.9 Å². The van der Waals surface area contributed by atoms with Crippen LogP contribution >= 0.6 is 0 Å². The average molecular weight is 415 g/mol. The molecule has 1 amide bonds. The lowest BCUT2D eigenvalue weighted by atomic mass is 9.98. The first-order valence-electron chi connectivity index (χ1n) is 10.4. The van der Waals surface area contributed by atoms with E-state index in [-0.39, 0.29) is 0 Å². The van der Waals surface area contributed by atoms with E-state index in [1.54, 1.807) is 20.8 Å². The first kappa shape index (κ1) is 23.5. The minimum absolute atomic E-state index is 0.453. The molecule has 3 rings (SSSR count). The molecule has 2 heterocycles. The third kappa shape index (κ3) is 7.58. The number of carbonyl (C=O) groups excluding carboxylic acids is 1. The third-order valence-corrected chi connectivity index (χ3v) is 4.35. The largest absolute Gasteiger partial charge is 0.493 e. The van der Waals surface area contributed by atoms with Crippen LogP contribution in [-0.2, 0) is 11.3 Å². The molecular formula is C24H34N2O4. The molecule has 0 aliphatic carbocycles. The smallest absolute Gasteiger partial charge is 0.405 e. The Morgan fingerprint density at radius 3 is 2.57 bits per heavy atom. The van der Waals surface area contributed by atoms with Crippen molar-refractivity contribution >= 4 is 6.09 Å². The number of benzene rings is 1. The number of carbonyl (C=O) groups is 1. The van der Waals surface area contributed by atoms with E-state index < -0.39 is 11.7 Å². The number of fused-ring (bicyclic) bond motifs is 3. The quantitative estimate of drug-likeness (QED) is 0.640. The van der Waals surface area contributed by atoms with Gasteiger partial charge >= 0.3 is 6.09 Å². The molecule has 2 aromatic rings. The lowest BCUT2D eigenvalue weighted by molar-refractivity contribution is 0.0600. The summed E-state index contributed by atoms with van der Waals surface area (Å²) in [5, 5.41) is 0. The Morgan fingerprint density at radius 2 is 1.97 bits per heavy atom. The third-order valence-electron chi connectivity index (χ3n) is 4.35. The van der Waals surface area contributed by atoms with Crippen LogP contribution in [0.5, 0.6) is 11.5 Å². The van der Waals surface area contributed by atoms with E-state index in [9.17, 15) is 4.79 Å². The highest BCUT2D eigenvalue weighted by atomic mass is 16.6. The normalized spacial score (nSPS) is 12.1. The van der Waals surface area contributed by atoms with Crippen LogP contribution in [0, 0.1) is 12.8 Å². The van der Waals surface area contributed by atoms with E-state index in [1.165, 1.54) is 12.0 Å². The molecule has 6 nitrogen and oxygen atoms in total.